The number of esters is 1. The maximum absolute atomic E-state index is 12.6. The number of benzene rings is 2. The Morgan fingerprint density at radius 2 is 1.93 bits per heavy atom. The lowest BCUT2D eigenvalue weighted by Crippen LogP contribution is -2.23. The Balaban J connectivity index is 1.63. The van der Waals surface area contributed by atoms with Crippen molar-refractivity contribution in [2.75, 3.05) is 0 Å². The van der Waals surface area contributed by atoms with Gasteiger partial charge in [0.15, 0.2) is 5.82 Å². The molecule has 0 fully saturated rings. The summed E-state index contributed by atoms with van der Waals surface area (Å²) in [7, 11) is 0. The van der Waals surface area contributed by atoms with E-state index in [9.17, 15) is 9.59 Å². The first-order valence-corrected chi connectivity index (χ1v) is 9.81. The lowest BCUT2D eigenvalue weighted by molar-refractivity contribution is -0.131. The summed E-state index contributed by atoms with van der Waals surface area (Å²) in [5.74, 6) is 0.476. The van der Waals surface area contributed by atoms with Gasteiger partial charge >= 0.3 is 5.97 Å². The van der Waals surface area contributed by atoms with Crippen molar-refractivity contribution in [1.82, 2.24) is 14.6 Å². The average molecular weight is 424 g/mol. The van der Waals surface area contributed by atoms with Crippen molar-refractivity contribution >= 4 is 52.1 Å². The van der Waals surface area contributed by atoms with E-state index >= 15 is 0 Å². The molecule has 0 radical (unpaired) electrons. The lowest BCUT2D eigenvalue weighted by Gasteiger charge is -2.01. The van der Waals surface area contributed by atoms with Crippen LogP contribution in [0.2, 0.25) is 5.02 Å². The topological polar surface area (TPSA) is 73.6 Å². The van der Waals surface area contributed by atoms with Gasteiger partial charge in [-0.1, -0.05) is 53.3 Å². The molecule has 29 heavy (non-hydrogen) atoms. The molecule has 0 bridgehead atoms. The van der Waals surface area contributed by atoms with E-state index < -0.39 is 5.97 Å². The van der Waals surface area contributed by atoms with E-state index in [-0.39, 0.29) is 5.56 Å². The number of ether oxygens (including phenoxy) is 1. The predicted molar refractivity (Wildman–Crippen MR) is 114 cm³/mol. The van der Waals surface area contributed by atoms with Gasteiger partial charge < -0.3 is 4.74 Å². The molecule has 0 saturated heterocycles. The van der Waals surface area contributed by atoms with Gasteiger partial charge in [-0.25, -0.2) is 0 Å². The van der Waals surface area contributed by atoms with Crippen LogP contribution in [-0.4, -0.2) is 20.6 Å². The maximum Gasteiger partial charge on any atom is 0.308 e. The highest BCUT2D eigenvalue weighted by atomic mass is 35.5. The molecule has 0 atom stereocenters. The Morgan fingerprint density at radius 3 is 2.66 bits per heavy atom. The normalized spacial score (nSPS) is 12.1. The second-order valence-corrected chi connectivity index (χ2v) is 7.58. The first kappa shape index (κ1) is 19.0. The second-order valence-electron chi connectivity index (χ2n) is 6.13. The van der Waals surface area contributed by atoms with Gasteiger partial charge in [0, 0.05) is 11.9 Å². The van der Waals surface area contributed by atoms with E-state index in [4.69, 9.17) is 16.3 Å². The molecule has 4 rings (SSSR count). The van der Waals surface area contributed by atoms with Crippen molar-refractivity contribution in [3.8, 4) is 5.75 Å². The number of hydrogen-bond donors (Lipinski definition) is 0. The number of hydrogen-bond acceptors (Lipinski definition) is 6. The van der Waals surface area contributed by atoms with Gasteiger partial charge in [-0.3, -0.25) is 9.59 Å². The molecular weight excluding hydrogens is 410 g/mol. The number of fused-ring (bicyclic) bond motifs is 1. The second kappa shape index (κ2) is 7.98. The quantitative estimate of drug-likeness (QED) is 0.371. The number of thiazole rings is 1. The van der Waals surface area contributed by atoms with Gasteiger partial charge in [0.05, 0.1) is 4.53 Å². The lowest BCUT2D eigenvalue weighted by atomic mass is 10.2. The molecule has 0 N–H and O–H groups in total. The fraction of sp³-hybridized carbons (Fsp3) is 0.0476. The molecule has 0 aliphatic carbocycles. The van der Waals surface area contributed by atoms with Crippen LogP contribution in [0.4, 0.5) is 0 Å². The molecule has 0 unspecified atom stereocenters. The Morgan fingerprint density at radius 1 is 1.14 bits per heavy atom. The zero-order chi connectivity index (χ0) is 20.4. The molecule has 0 aliphatic rings. The number of carbonyl (C=O) groups excluding carboxylic acids is 1. The van der Waals surface area contributed by atoms with Crippen LogP contribution in [0.25, 0.3) is 23.2 Å². The molecule has 0 saturated carbocycles. The van der Waals surface area contributed by atoms with Gasteiger partial charge in [-0.15, -0.1) is 5.10 Å². The van der Waals surface area contributed by atoms with Gasteiger partial charge in [-0.2, -0.15) is 9.50 Å². The molecule has 144 valence electrons. The molecule has 4 aromatic rings. The Kier molecular flexibility index (Phi) is 5.24. The standard InChI is InChI=1S/C21H14ClN3O3S/c1-13(26)28-17-4-2-3-15(11-17)12-18-20(27)25-21(29-18)23-19(24-25)10-7-14-5-8-16(22)9-6-14/h2-12H,1H3. The number of rotatable bonds is 4. The minimum absolute atomic E-state index is 0.249. The van der Waals surface area contributed by atoms with E-state index in [1.807, 2.05) is 24.3 Å². The summed E-state index contributed by atoms with van der Waals surface area (Å²) in [5, 5.41) is 4.93. The van der Waals surface area contributed by atoms with E-state index in [0.29, 0.717) is 26.1 Å². The van der Waals surface area contributed by atoms with E-state index in [2.05, 4.69) is 10.1 Å². The van der Waals surface area contributed by atoms with Gasteiger partial charge in [0.1, 0.15) is 5.75 Å². The fourth-order valence-electron chi connectivity index (χ4n) is 2.65. The molecule has 6 nitrogen and oxygen atoms in total. The predicted octanol–water partition coefficient (Wildman–Crippen LogP) is 3.45. The third-order valence-corrected chi connectivity index (χ3v) is 5.12. The fourth-order valence-corrected chi connectivity index (χ4v) is 3.69. The maximum atomic E-state index is 12.6. The number of aromatic nitrogens is 3. The third kappa shape index (κ3) is 4.42. The van der Waals surface area contributed by atoms with Gasteiger partial charge in [0.2, 0.25) is 4.96 Å². The van der Waals surface area contributed by atoms with Crippen molar-refractivity contribution < 1.29 is 9.53 Å². The van der Waals surface area contributed by atoms with Crippen LogP contribution in [0.15, 0.2) is 53.3 Å². The number of halogens is 1. The highest BCUT2D eigenvalue weighted by Gasteiger charge is 2.09. The van der Waals surface area contributed by atoms with Gasteiger partial charge in [-0.05, 0) is 47.5 Å². The van der Waals surface area contributed by atoms with Gasteiger partial charge in [0.25, 0.3) is 5.56 Å². The average Bonchev–Trinajstić information content (AvgIpc) is 3.20. The van der Waals surface area contributed by atoms with E-state index in [1.165, 1.54) is 22.8 Å². The molecule has 2 aromatic heterocycles. The molecule has 8 heteroatoms. The summed E-state index contributed by atoms with van der Waals surface area (Å²) in [5.41, 5.74) is 1.45. The Labute approximate surface area is 174 Å². The Bertz CT molecular complexity index is 1340. The van der Waals surface area contributed by atoms with Crippen molar-refractivity contribution in [2.45, 2.75) is 6.92 Å². The zero-order valence-electron chi connectivity index (χ0n) is 15.2. The van der Waals surface area contributed by atoms with E-state index in [1.54, 1.807) is 42.5 Å². The molecule has 2 aromatic carbocycles. The van der Waals surface area contributed by atoms with Crippen molar-refractivity contribution in [3.63, 3.8) is 0 Å². The summed E-state index contributed by atoms with van der Waals surface area (Å²) in [6.07, 6.45) is 5.32. The van der Waals surface area contributed by atoms with Crippen LogP contribution < -0.4 is 14.8 Å². The molecule has 0 amide bonds. The zero-order valence-corrected chi connectivity index (χ0v) is 16.8. The summed E-state index contributed by atoms with van der Waals surface area (Å²) in [4.78, 5) is 28.6. The molecule has 2 heterocycles. The Hall–Kier alpha value is -3.29. The highest BCUT2D eigenvalue weighted by Crippen LogP contribution is 2.15. The third-order valence-electron chi connectivity index (χ3n) is 3.91. The van der Waals surface area contributed by atoms with Crippen molar-refractivity contribution in [1.29, 1.82) is 0 Å². The summed E-state index contributed by atoms with van der Waals surface area (Å²) in [6.45, 7) is 1.34. The van der Waals surface area contributed by atoms with Crippen LogP contribution in [0.5, 0.6) is 5.75 Å². The first-order chi connectivity index (χ1) is 14.0. The molecular formula is C21H14ClN3O3S. The van der Waals surface area contributed by atoms with Crippen LogP contribution in [-0.2, 0) is 4.79 Å². The SMILES string of the molecule is CC(=O)Oc1cccc(C=c2sc3nc(C=Cc4ccc(Cl)cc4)nn3c2=O)c1. The summed E-state index contributed by atoms with van der Waals surface area (Å²) in [6, 6.07) is 14.3. The van der Waals surface area contributed by atoms with Crippen LogP contribution in [0.1, 0.15) is 23.9 Å². The smallest absolute Gasteiger partial charge is 0.308 e. The minimum atomic E-state index is -0.398. The summed E-state index contributed by atoms with van der Waals surface area (Å²) >= 11 is 7.12. The number of carbonyl (C=O) groups is 1. The summed E-state index contributed by atoms with van der Waals surface area (Å²) < 4.78 is 6.85. The van der Waals surface area contributed by atoms with Crippen LogP contribution in [0.3, 0.4) is 0 Å². The number of nitrogens with zero attached hydrogens (tertiary/aromatic N) is 3. The molecule has 0 spiro atoms. The van der Waals surface area contributed by atoms with E-state index in [0.717, 1.165) is 11.1 Å². The van der Waals surface area contributed by atoms with Crippen LogP contribution >= 0.6 is 22.9 Å². The van der Waals surface area contributed by atoms with Crippen molar-refractivity contribution in [2.24, 2.45) is 0 Å². The van der Waals surface area contributed by atoms with Crippen molar-refractivity contribution in [3.05, 3.63) is 85.4 Å². The monoisotopic (exact) mass is 423 g/mol. The molecule has 0 aliphatic heterocycles. The first-order valence-electron chi connectivity index (χ1n) is 8.61. The highest BCUT2D eigenvalue weighted by molar-refractivity contribution is 7.15. The largest absolute Gasteiger partial charge is 0.427 e. The van der Waals surface area contributed by atoms with Crippen LogP contribution in [0, 0.1) is 0 Å². The minimum Gasteiger partial charge on any atom is -0.427 e.